The van der Waals surface area contributed by atoms with Crippen LogP contribution in [-0.2, 0) is 0 Å². The van der Waals surface area contributed by atoms with Crippen molar-refractivity contribution in [1.29, 1.82) is 0 Å². The van der Waals surface area contributed by atoms with Crippen molar-refractivity contribution in [2.75, 3.05) is 18.0 Å². The molecule has 17 heavy (non-hydrogen) atoms. The quantitative estimate of drug-likeness (QED) is 0.355. The topological polar surface area (TPSA) is 81.6 Å². The van der Waals surface area contributed by atoms with Crippen LogP contribution in [-0.4, -0.2) is 25.3 Å². The number of hydrazone groups is 1. The number of nitrogens with two attached hydrogens (primary N) is 2. The van der Waals surface area contributed by atoms with Gasteiger partial charge in [-0.05, 0) is 38.1 Å². The van der Waals surface area contributed by atoms with Gasteiger partial charge in [0.05, 0.1) is 0 Å². The highest BCUT2D eigenvalue weighted by atomic mass is 15.3. The number of rotatable bonds is 5. The van der Waals surface area contributed by atoms with E-state index in [0.29, 0.717) is 0 Å². The molecular formula is C12H20N5+. The summed E-state index contributed by atoms with van der Waals surface area (Å²) in [5.41, 5.74) is 12.6. The number of nitrogens with zero attached hydrogens (tertiary/aromatic N) is 2. The first-order chi connectivity index (χ1) is 8.17. The Labute approximate surface area is 102 Å². The fourth-order valence-electron chi connectivity index (χ4n) is 1.55. The first kappa shape index (κ1) is 13.0. The highest BCUT2D eigenvalue weighted by molar-refractivity contribution is 5.77. The summed E-state index contributed by atoms with van der Waals surface area (Å²) in [6.45, 7) is 6.30. The number of anilines is 1. The van der Waals surface area contributed by atoms with Crippen LogP contribution < -0.4 is 21.5 Å². The zero-order valence-corrected chi connectivity index (χ0v) is 10.4. The van der Waals surface area contributed by atoms with Crippen molar-refractivity contribution >= 4 is 17.9 Å². The van der Waals surface area contributed by atoms with Gasteiger partial charge >= 0.3 is 0 Å². The predicted octanol–water partition coefficient (Wildman–Crippen LogP) is -0.779. The zero-order chi connectivity index (χ0) is 12.7. The van der Waals surface area contributed by atoms with Gasteiger partial charge in [-0.25, -0.2) is 0 Å². The third-order valence-corrected chi connectivity index (χ3v) is 2.45. The van der Waals surface area contributed by atoms with Gasteiger partial charge in [-0.2, -0.15) is 0 Å². The Balaban J connectivity index is 2.74. The molecule has 1 aromatic carbocycles. The number of benzene rings is 1. The van der Waals surface area contributed by atoms with E-state index in [1.165, 1.54) is 5.69 Å². The maximum atomic E-state index is 5.20. The van der Waals surface area contributed by atoms with Crippen molar-refractivity contribution in [3.05, 3.63) is 29.8 Å². The molecule has 0 radical (unpaired) electrons. The maximum Gasteiger partial charge on any atom is 0.256 e. The molecule has 0 atom stereocenters. The lowest BCUT2D eigenvalue weighted by Crippen LogP contribution is -2.63. The first-order valence-electron chi connectivity index (χ1n) is 5.69. The molecule has 5 nitrogen and oxygen atoms in total. The van der Waals surface area contributed by atoms with Crippen molar-refractivity contribution in [3.63, 3.8) is 0 Å². The van der Waals surface area contributed by atoms with Gasteiger partial charge in [0.1, 0.15) is 0 Å². The summed E-state index contributed by atoms with van der Waals surface area (Å²) in [6, 6.07) is 8.19. The van der Waals surface area contributed by atoms with E-state index in [1.807, 2.05) is 12.1 Å². The third kappa shape index (κ3) is 4.14. The van der Waals surface area contributed by atoms with Gasteiger partial charge in [0.15, 0.2) is 0 Å². The van der Waals surface area contributed by atoms with Gasteiger partial charge in [0.25, 0.3) is 5.96 Å². The monoisotopic (exact) mass is 234 g/mol. The molecule has 0 heterocycles. The summed E-state index contributed by atoms with van der Waals surface area (Å²) < 4.78 is 0. The Morgan fingerprint density at radius 1 is 1.24 bits per heavy atom. The number of hydrogen-bond donors (Lipinski definition) is 3. The molecule has 5 heteroatoms. The number of nitrogens with one attached hydrogen (secondary N) is 1. The van der Waals surface area contributed by atoms with Crippen LogP contribution in [0.25, 0.3) is 0 Å². The molecule has 1 rings (SSSR count). The molecule has 0 saturated heterocycles. The molecule has 0 bridgehead atoms. The van der Waals surface area contributed by atoms with Crippen molar-refractivity contribution in [2.45, 2.75) is 13.8 Å². The molecule has 0 fully saturated rings. The molecule has 0 aromatic heterocycles. The lowest BCUT2D eigenvalue weighted by Gasteiger charge is -2.20. The van der Waals surface area contributed by atoms with Gasteiger partial charge in [0.2, 0.25) is 6.21 Å². The van der Waals surface area contributed by atoms with Gasteiger partial charge < -0.3 is 16.4 Å². The summed E-state index contributed by atoms with van der Waals surface area (Å²) in [6.07, 6.45) is 1.74. The molecule has 0 aliphatic carbocycles. The molecule has 0 spiro atoms. The molecule has 92 valence electrons. The Morgan fingerprint density at radius 3 is 2.29 bits per heavy atom. The highest BCUT2D eigenvalue weighted by Crippen LogP contribution is 2.13. The summed E-state index contributed by atoms with van der Waals surface area (Å²) in [5.74, 6) is 0.0148. The van der Waals surface area contributed by atoms with Crippen LogP contribution >= 0.6 is 0 Å². The van der Waals surface area contributed by atoms with Crippen molar-refractivity contribution < 1.29 is 5.10 Å². The number of hydrogen-bond acceptors (Lipinski definition) is 2. The summed E-state index contributed by atoms with van der Waals surface area (Å²) in [7, 11) is 0. The van der Waals surface area contributed by atoms with Crippen LogP contribution in [0.1, 0.15) is 19.4 Å². The molecule has 0 saturated carbocycles. The molecule has 0 aliphatic rings. The van der Waals surface area contributed by atoms with E-state index in [-0.39, 0.29) is 5.96 Å². The van der Waals surface area contributed by atoms with Crippen molar-refractivity contribution in [3.8, 4) is 0 Å². The van der Waals surface area contributed by atoms with Crippen LogP contribution in [0.4, 0.5) is 5.69 Å². The number of guanidine groups is 1. The third-order valence-electron chi connectivity index (χ3n) is 2.45. The second-order valence-corrected chi connectivity index (χ2v) is 3.57. The van der Waals surface area contributed by atoms with E-state index < -0.39 is 0 Å². The Kier molecular flexibility index (Phi) is 5.00. The minimum absolute atomic E-state index is 0.0148. The molecule has 0 amide bonds. The smallest absolute Gasteiger partial charge is 0.256 e. The minimum Gasteiger partial charge on any atom is -0.372 e. The minimum atomic E-state index is 0.0148. The summed E-state index contributed by atoms with van der Waals surface area (Å²) in [5, 5.41) is 6.34. The van der Waals surface area contributed by atoms with E-state index in [2.05, 4.69) is 41.1 Å². The summed E-state index contributed by atoms with van der Waals surface area (Å²) >= 11 is 0. The average molecular weight is 234 g/mol. The molecule has 1 aromatic rings. The summed E-state index contributed by atoms with van der Waals surface area (Å²) in [4.78, 5) is 2.28. The van der Waals surface area contributed by atoms with Crippen LogP contribution in [0.15, 0.2) is 29.4 Å². The van der Waals surface area contributed by atoms with Gasteiger partial charge in [-0.3, -0.25) is 0 Å². The maximum absolute atomic E-state index is 5.20. The van der Waals surface area contributed by atoms with E-state index in [0.717, 1.165) is 18.7 Å². The van der Waals surface area contributed by atoms with Crippen molar-refractivity contribution in [2.24, 2.45) is 16.6 Å². The predicted molar refractivity (Wildman–Crippen MR) is 71.9 cm³/mol. The Bertz CT molecular complexity index is 386. The normalized spacial score (nSPS) is 10.5. The SMILES string of the molecule is CCN(CC)c1ccc(/C=[NH+]\N=C(N)N)cc1. The zero-order valence-electron chi connectivity index (χ0n) is 10.4. The lowest BCUT2D eigenvalue weighted by atomic mass is 10.2. The van der Waals surface area contributed by atoms with Crippen LogP contribution in [0.2, 0.25) is 0 Å². The molecule has 0 aliphatic heterocycles. The fourth-order valence-corrected chi connectivity index (χ4v) is 1.55. The Hall–Kier alpha value is -2.04. The standard InChI is InChI=1S/C12H19N5/c1-3-17(4-2)11-7-5-10(6-8-11)9-15-16-12(13)14/h5-9H,3-4H2,1-2H3,(H4,13,14,16)/p+1/b15-9-. The van der Waals surface area contributed by atoms with Gasteiger partial charge in [-0.1, -0.05) is 0 Å². The fraction of sp³-hybridized carbons (Fsp3) is 0.333. The van der Waals surface area contributed by atoms with Crippen molar-refractivity contribution in [1.82, 2.24) is 0 Å². The van der Waals surface area contributed by atoms with E-state index in [1.54, 1.807) is 6.21 Å². The highest BCUT2D eigenvalue weighted by Gasteiger charge is 2.00. The van der Waals surface area contributed by atoms with Gasteiger partial charge in [-0.15, -0.1) is 5.10 Å². The second kappa shape index (κ2) is 6.52. The average Bonchev–Trinajstić information content (AvgIpc) is 2.32. The van der Waals surface area contributed by atoms with E-state index in [4.69, 9.17) is 11.5 Å². The lowest BCUT2D eigenvalue weighted by molar-refractivity contribution is -0.456. The van der Waals surface area contributed by atoms with E-state index in [9.17, 15) is 0 Å². The van der Waals surface area contributed by atoms with Crippen LogP contribution in [0.3, 0.4) is 0 Å². The van der Waals surface area contributed by atoms with Crippen LogP contribution in [0, 0.1) is 0 Å². The second-order valence-electron chi connectivity index (χ2n) is 3.57. The van der Waals surface area contributed by atoms with Crippen LogP contribution in [0.5, 0.6) is 0 Å². The van der Waals surface area contributed by atoms with E-state index >= 15 is 0 Å². The molecule has 0 unspecified atom stereocenters. The molecular weight excluding hydrogens is 214 g/mol. The van der Waals surface area contributed by atoms with Gasteiger partial charge in [0, 0.05) is 29.4 Å². The molecule has 5 N–H and O–H groups in total. The Morgan fingerprint density at radius 2 is 1.82 bits per heavy atom. The largest absolute Gasteiger partial charge is 0.372 e. The first-order valence-corrected chi connectivity index (χ1v) is 5.69.